The van der Waals surface area contributed by atoms with Crippen molar-refractivity contribution in [2.24, 2.45) is 0 Å². The number of hydrogen-bond acceptors (Lipinski definition) is 4. The van der Waals surface area contributed by atoms with Crippen LogP contribution in [0.15, 0.2) is 48.5 Å². The Morgan fingerprint density at radius 2 is 1.81 bits per heavy atom. The van der Waals surface area contributed by atoms with Crippen LogP contribution in [0.3, 0.4) is 0 Å². The summed E-state index contributed by atoms with van der Waals surface area (Å²) in [5.74, 6) is -0.544. The molecule has 1 fully saturated rings. The summed E-state index contributed by atoms with van der Waals surface area (Å²) in [6, 6.07) is 12.2. The largest absolute Gasteiger partial charge is 0.491 e. The summed E-state index contributed by atoms with van der Waals surface area (Å²) in [6.07, 6.45) is 2.22. The summed E-state index contributed by atoms with van der Waals surface area (Å²) < 4.78 is 24.0. The molecule has 1 saturated heterocycles. The van der Waals surface area contributed by atoms with Gasteiger partial charge in [0.1, 0.15) is 18.2 Å². The molecule has 7 heteroatoms. The minimum atomic E-state index is -0.437. The van der Waals surface area contributed by atoms with Crippen molar-refractivity contribution in [2.45, 2.75) is 25.4 Å². The number of hydrogen-bond donors (Lipinski definition) is 2. The van der Waals surface area contributed by atoms with Gasteiger partial charge >= 0.3 is 0 Å². The summed E-state index contributed by atoms with van der Waals surface area (Å²) in [5.41, 5.74) is 5.73. The van der Waals surface area contributed by atoms with E-state index in [0.717, 1.165) is 19.4 Å². The van der Waals surface area contributed by atoms with E-state index in [-0.39, 0.29) is 18.3 Å². The number of amides is 2. The number of ether oxygens (including phenoxy) is 2. The highest BCUT2D eigenvalue weighted by atomic mass is 19.1. The van der Waals surface area contributed by atoms with E-state index >= 15 is 0 Å². The van der Waals surface area contributed by atoms with Crippen LogP contribution in [0.4, 0.5) is 4.39 Å². The van der Waals surface area contributed by atoms with E-state index in [2.05, 4.69) is 10.9 Å². The van der Waals surface area contributed by atoms with E-state index in [4.69, 9.17) is 9.47 Å². The fourth-order valence-electron chi connectivity index (χ4n) is 2.70. The molecule has 0 spiro atoms. The summed E-state index contributed by atoms with van der Waals surface area (Å²) in [6.45, 7) is 1.27. The maximum absolute atomic E-state index is 12.8. The van der Waals surface area contributed by atoms with Gasteiger partial charge in [-0.2, -0.15) is 0 Å². The van der Waals surface area contributed by atoms with Gasteiger partial charge in [-0.05, 0) is 54.8 Å². The molecule has 2 aromatic carbocycles. The SMILES string of the molecule is O=C(Cc1ccc(F)cc1)NNC(=O)c1ccc(OCC2CCCO2)cc1. The van der Waals surface area contributed by atoms with Gasteiger partial charge in [0.05, 0.1) is 12.5 Å². The van der Waals surface area contributed by atoms with Crippen LogP contribution >= 0.6 is 0 Å². The Morgan fingerprint density at radius 1 is 1.07 bits per heavy atom. The van der Waals surface area contributed by atoms with Crippen LogP contribution in [0.2, 0.25) is 0 Å². The molecule has 2 aromatic rings. The lowest BCUT2D eigenvalue weighted by molar-refractivity contribution is -0.121. The maximum atomic E-state index is 12.8. The molecule has 2 amide bonds. The quantitative estimate of drug-likeness (QED) is 0.764. The van der Waals surface area contributed by atoms with Crippen LogP contribution in [0.5, 0.6) is 5.75 Å². The number of nitrogens with one attached hydrogen (secondary N) is 2. The van der Waals surface area contributed by atoms with Gasteiger partial charge in [-0.15, -0.1) is 0 Å². The predicted molar refractivity (Wildman–Crippen MR) is 96.6 cm³/mol. The summed E-state index contributed by atoms with van der Waals surface area (Å²) in [7, 11) is 0. The number of hydrazine groups is 1. The molecule has 0 aliphatic carbocycles. The van der Waals surface area contributed by atoms with Crippen molar-refractivity contribution in [3.8, 4) is 5.75 Å². The molecule has 0 aromatic heterocycles. The zero-order valence-electron chi connectivity index (χ0n) is 14.7. The molecular formula is C20H21FN2O4. The van der Waals surface area contributed by atoms with Crippen LogP contribution in [0.25, 0.3) is 0 Å². The number of benzene rings is 2. The number of rotatable bonds is 6. The smallest absolute Gasteiger partial charge is 0.269 e. The summed E-state index contributed by atoms with van der Waals surface area (Å²) in [4.78, 5) is 23.9. The van der Waals surface area contributed by atoms with Crippen molar-refractivity contribution < 1.29 is 23.5 Å². The third-order valence-corrected chi connectivity index (χ3v) is 4.17. The first kappa shape index (κ1) is 18.8. The van der Waals surface area contributed by atoms with Gasteiger partial charge in [-0.1, -0.05) is 12.1 Å². The first-order valence-corrected chi connectivity index (χ1v) is 8.78. The van der Waals surface area contributed by atoms with Crippen LogP contribution < -0.4 is 15.6 Å². The van der Waals surface area contributed by atoms with Crippen LogP contribution in [-0.2, 0) is 16.0 Å². The highest BCUT2D eigenvalue weighted by Crippen LogP contribution is 2.16. The van der Waals surface area contributed by atoms with Crippen molar-refractivity contribution in [3.05, 3.63) is 65.5 Å². The molecule has 27 heavy (non-hydrogen) atoms. The minimum Gasteiger partial charge on any atom is -0.491 e. The molecule has 1 unspecified atom stereocenters. The van der Waals surface area contributed by atoms with Crippen LogP contribution in [0.1, 0.15) is 28.8 Å². The van der Waals surface area contributed by atoms with E-state index in [9.17, 15) is 14.0 Å². The van der Waals surface area contributed by atoms with Crippen molar-refractivity contribution in [2.75, 3.05) is 13.2 Å². The third-order valence-electron chi connectivity index (χ3n) is 4.17. The second kappa shape index (κ2) is 9.14. The molecule has 2 N–H and O–H groups in total. The van der Waals surface area contributed by atoms with Crippen molar-refractivity contribution in [1.82, 2.24) is 10.9 Å². The standard InChI is InChI=1S/C20H21FN2O4/c21-16-7-3-14(4-8-16)12-19(24)22-23-20(25)15-5-9-17(10-6-15)27-13-18-2-1-11-26-18/h3-10,18H,1-2,11-13H2,(H,22,24)(H,23,25). The Kier molecular flexibility index (Phi) is 6.38. The van der Waals surface area contributed by atoms with Gasteiger partial charge in [0.2, 0.25) is 5.91 Å². The summed E-state index contributed by atoms with van der Waals surface area (Å²) >= 11 is 0. The average molecular weight is 372 g/mol. The van der Waals surface area contributed by atoms with E-state index in [1.165, 1.54) is 24.3 Å². The Labute approximate surface area is 156 Å². The monoisotopic (exact) mass is 372 g/mol. The lowest BCUT2D eigenvalue weighted by atomic mass is 10.1. The highest BCUT2D eigenvalue weighted by Gasteiger charge is 2.16. The van der Waals surface area contributed by atoms with Crippen molar-refractivity contribution in [1.29, 1.82) is 0 Å². The van der Waals surface area contributed by atoms with Crippen molar-refractivity contribution >= 4 is 11.8 Å². The Hall–Kier alpha value is -2.93. The van der Waals surface area contributed by atoms with Gasteiger partial charge in [0, 0.05) is 12.2 Å². The average Bonchev–Trinajstić information content (AvgIpc) is 3.20. The molecule has 6 nitrogen and oxygen atoms in total. The molecule has 0 bridgehead atoms. The predicted octanol–water partition coefficient (Wildman–Crippen LogP) is 2.39. The lowest BCUT2D eigenvalue weighted by Crippen LogP contribution is -2.42. The van der Waals surface area contributed by atoms with E-state index in [1.54, 1.807) is 24.3 Å². The van der Waals surface area contributed by atoms with Crippen LogP contribution in [-0.4, -0.2) is 31.1 Å². The molecule has 0 radical (unpaired) electrons. The second-order valence-corrected chi connectivity index (χ2v) is 6.28. The topological polar surface area (TPSA) is 76.7 Å². The molecule has 3 rings (SSSR count). The molecule has 1 heterocycles. The fraction of sp³-hybridized carbons (Fsp3) is 0.300. The van der Waals surface area contributed by atoms with E-state index in [1.807, 2.05) is 0 Å². The normalized spacial score (nSPS) is 16.0. The Balaban J connectivity index is 1.43. The van der Waals surface area contributed by atoms with Gasteiger partial charge < -0.3 is 9.47 Å². The van der Waals surface area contributed by atoms with Gasteiger partial charge in [0.25, 0.3) is 5.91 Å². The number of carbonyl (C=O) groups is 2. The highest BCUT2D eigenvalue weighted by molar-refractivity contribution is 5.95. The molecule has 142 valence electrons. The fourth-order valence-corrected chi connectivity index (χ4v) is 2.70. The third kappa shape index (κ3) is 5.79. The number of carbonyl (C=O) groups excluding carboxylic acids is 2. The minimum absolute atomic E-state index is 0.0383. The first-order chi connectivity index (χ1) is 13.1. The van der Waals surface area contributed by atoms with E-state index in [0.29, 0.717) is 23.5 Å². The van der Waals surface area contributed by atoms with Gasteiger partial charge in [-0.3, -0.25) is 20.4 Å². The molecule has 0 saturated carbocycles. The van der Waals surface area contributed by atoms with E-state index < -0.39 is 11.8 Å². The Morgan fingerprint density at radius 3 is 2.48 bits per heavy atom. The molecule has 1 atom stereocenters. The van der Waals surface area contributed by atoms with Crippen molar-refractivity contribution in [3.63, 3.8) is 0 Å². The first-order valence-electron chi connectivity index (χ1n) is 8.78. The zero-order valence-corrected chi connectivity index (χ0v) is 14.7. The Bertz CT molecular complexity index is 772. The molecular weight excluding hydrogens is 351 g/mol. The molecule has 1 aliphatic heterocycles. The zero-order chi connectivity index (χ0) is 19.1. The number of halogens is 1. The van der Waals surface area contributed by atoms with Crippen LogP contribution in [0, 0.1) is 5.82 Å². The maximum Gasteiger partial charge on any atom is 0.269 e. The second-order valence-electron chi connectivity index (χ2n) is 6.28. The summed E-state index contributed by atoms with van der Waals surface area (Å²) in [5, 5.41) is 0. The molecule has 1 aliphatic rings. The van der Waals surface area contributed by atoms with Gasteiger partial charge in [0.15, 0.2) is 0 Å². The lowest BCUT2D eigenvalue weighted by Gasteiger charge is -2.12. The van der Waals surface area contributed by atoms with Gasteiger partial charge in [-0.25, -0.2) is 4.39 Å².